The van der Waals surface area contributed by atoms with Crippen molar-refractivity contribution in [3.8, 4) is 5.75 Å². The van der Waals surface area contributed by atoms with Crippen molar-refractivity contribution >= 4 is 0 Å². The van der Waals surface area contributed by atoms with Gasteiger partial charge < -0.3 is 4.74 Å². The van der Waals surface area contributed by atoms with Gasteiger partial charge in [-0.15, -0.1) is 0 Å². The van der Waals surface area contributed by atoms with Crippen LogP contribution in [-0.4, -0.2) is 6.61 Å². The van der Waals surface area contributed by atoms with Gasteiger partial charge >= 0.3 is 0 Å². The summed E-state index contributed by atoms with van der Waals surface area (Å²) in [6, 6.07) is 8.71. The van der Waals surface area contributed by atoms with Crippen molar-refractivity contribution in [1.82, 2.24) is 0 Å². The van der Waals surface area contributed by atoms with Crippen molar-refractivity contribution in [1.29, 1.82) is 0 Å². The summed E-state index contributed by atoms with van der Waals surface area (Å²) in [5, 5.41) is 0. The van der Waals surface area contributed by atoms with E-state index in [1.807, 2.05) is 0 Å². The van der Waals surface area contributed by atoms with Crippen LogP contribution in [0.2, 0.25) is 0 Å². The third kappa shape index (κ3) is 6.11. The summed E-state index contributed by atoms with van der Waals surface area (Å²) in [5.74, 6) is 2.27. The minimum absolute atomic E-state index is 0.301. The molecule has 0 radical (unpaired) electrons. The summed E-state index contributed by atoms with van der Waals surface area (Å²) in [6.45, 7) is 14.5. The zero-order valence-electron chi connectivity index (χ0n) is 14.9. The first-order valence-corrected chi connectivity index (χ1v) is 8.61. The van der Waals surface area contributed by atoms with Crippen molar-refractivity contribution in [3.05, 3.63) is 29.8 Å². The number of rotatable bonds is 8. The van der Waals surface area contributed by atoms with Crippen molar-refractivity contribution in [3.63, 3.8) is 0 Å². The van der Waals surface area contributed by atoms with E-state index in [0.29, 0.717) is 17.3 Å². The Balaban J connectivity index is 2.58. The molecule has 0 aliphatic heterocycles. The van der Waals surface area contributed by atoms with Crippen molar-refractivity contribution in [2.24, 2.45) is 11.3 Å². The van der Waals surface area contributed by atoms with E-state index >= 15 is 0 Å². The second-order valence-corrected chi connectivity index (χ2v) is 7.41. The van der Waals surface area contributed by atoms with Crippen LogP contribution in [0.5, 0.6) is 5.75 Å². The Bertz CT molecular complexity index is 379. The second kappa shape index (κ2) is 8.46. The highest BCUT2D eigenvalue weighted by Crippen LogP contribution is 2.34. The smallest absolute Gasteiger partial charge is 0.119 e. The molecule has 0 fully saturated rings. The lowest BCUT2D eigenvalue weighted by molar-refractivity contribution is 0.229. The standard InChI is InChI=1S/C20H34O/c1-7-9-17(10-8-2)15-21-19-13-11-18(12-14-19)16(3)20(4,5)6/h11-14,16-17H,7-10,15H2,1-6H3. The van der Waals surface area contributed by atoms with Gasteiger partial charge in [-0.05, 0) is 47.8 Å². The van der Waals surface area contributed by atoms with E-state index in [1.165, 1.54) is 31.2 Å². The minimum atomic E-state index is 0.301. The van der Waals surface area contributed by atoms with Gasteiger partial charge in [-0.25, -0.2) is 0 Å². The molecular formula is C20H34O. The maximum absolute atomic E-state index is 5.99. The molecule has 0 aliphatic carbocycles. The Kier molecular flexibility index (Phi) is 7.28. The molecule has 1 unspecified atom stereocenters. The normalized spacial score (nSPS) is 13.5. The molecule has 1 rings (SSSR count). The zero-order valence-corrected chi connectivity index (χ0v) is 14.9. The maximum Gasteiger partial charge on any atom is 0.119 e. The number of ether oxygens (including phenoxy) is 1. The Morgan fingerprint density at radius 3 is 1.90 bits per heavy atom. The average molecular weight is 290 g/mol. The van der Waals surface area contributed by atoms with Crippen molar-refractivity contribution in [2.75, 3.05) is 6.61 Å². The van der Waals surface area contributed by atoms with E-state index in [2.05, 4.69) is 65.8 Å². The third-order valence-electron chi connectivity index (χ3n) is 4.56. The van der Waals surface area contributed by atoms with E-state index in [-0.39, 0.29) is 0 Å². The molecule has 1 nitrogen and oxygen atoms in total. The predicted octanol–water partition coefficient (Wildman–Crippen LogP) is 6.43. The van der Waals surface area contributed by atoms with Crippen LogP contribution in [0.1, 0.15) is 78.7 Å². The highest BCUT2D eigenvalue weighted by Gasteiger charge is 2.21. The van der Waals surface area contributed by atoms with Crippen molar-refractivity contribution in [2.45, 2.75) is 73.1 Å². The first kappa shape index (κ1) is 18.1. The number of hydrogen-bond acceptors (Lipinski definition) is 1. The fourth-order valence-electron chi connectivity index (χ4n) is 2.69. The van der Waals surface area contributed by atoms with Gasteiger partial charge in [-0.1, -0.05) is 66.5 Å². The summed E-state index contributed by atoms with van der Waals surface area (Å²) in [5.41, 5.74) is 1.70. The second-order valence-electron chi connectivity index (χ2n) is 7.41. The molecule has 0 aliphatic rings. The Hall–Kier alpha value is -0.980. The van der Waals surface area contributed by atoms with E-state index < -0.39 is 0 Å². The molecule has 0 bridgehead atoms. The van der Waals surface area contributed by atoms with E-state index in [4.69, 9.17) is 4.74 Å². The van der Waals surface area contributed by atoms with Gasteiger partial charge in [0.05, 0.1) is 6.61 Å². The Labute approximate surface area is 132 Å². The van der Waals surface area contributed by atoms with E-state index in [9.17, 15) is 0 Å². The molecule has 1 heteroatoms. The quantitative estimate of drug-likeness (QED) is 0.536. The first-order valence-electron chi connectivity index (χ1n) is 8.61. The lowest BCUT2D eigenvalue weighted by Crippen LogP contribution is -2.15. The van der Waals surface area contributed by atoms with Gasteiger partial charge in [0.25, 0.3) is 0 Å². The lowest BCUT2D eigenvalue weighted by Gasteiger charge is -2.27. The highest BCUT2D eigenvalue weighted by molar-refractivity contribution is 5.30. The minimum Gasteiger partial charge on any atom is -0.493 e. The van der Waals surface area contributed by atoms with Crippen LogP contribution in [0, 0.1) is 11.3 Å². The van der Waals surface area contributed by atoms with Crippen LogP contribution in [-0.2, 0) is 0 Å². The maximum atomic E-state index is 5.99. The lowest BCUT2D eigenvalue weighted by atomic mass is 9.78. The van der Waals surface area contributed by atoms with Gasteiger partial charge in [0.2, 0.25) is 0 Å². The molecule has 1 aromatic rings. The van der Waals surface area contributed by atoms with Crippen LogP contribution in [0.3, 0.4) is 0 Å². The predicted molar refractivity (Wildman–Crippen MR) is 93.1 cm³/mol. The monoisotopic (exact) mass is 290 g/mol. The van der Waals surface area contributed by atoms with Crippen LogP contribution in [0.25, 0.3) is 0 Å². The molecule has 120 valence electrons. The fourth-order valence-corrected chi connectivity index (χ4v) is 2.69. The molecule has 0 amide bonds. The van der Waals surface area contributed by atoms with Crippen molar-refractivity contribution < 1.29 is 4.74 Å². The van der Waals surface area contributed by atoms with Gasteiger partial charge in [0.15, 0.2) is 0 Å². The Morgan fingerprint density at radius 2 is 1.48 bits per heavy atom. The summed E-state index contributed by atoms with van der Waals surface area (Å²) in [6.07, 6.45) is 5.03. The fraction of sp³-hybridized carbons (Fsp3) is 0.700. The summed E-state index contributed by atoms with van der Waals surface area (Å²) < 4.78 is 5.99. The molecule has 0 saturated heterocycles. The molecule has 0 spiro atoms. The summed E-state index contributed by atoms with van der Waals surface area (Å²) >= 11 is 0. The molecular weight excluding hydrogens is 256 g/mol. The van der Waals surface area contributed by atoms with Gasteiger partial charge in [-0.3, -0.25) is 0 Å². The zero-order chi connectivity index (χ0) is 15.9. The van der Waals surface area contributed by atoms with Gasteiger partial charge in [0.1, 0.15) is 5.75 Å². The highest BCUT2D eigenvalue weighted by atomic mass is 16.5. The largest absolute Gasteiger partial charge is 0.493 e. The van der Waals surface area contributed by atoms with E-state index in [0.717, 1.165) is 12.4 Å². The molecule has 0 aromatic heterocycles. The van der Waals surface area contributed by atoms with Crippen LogP contribution in [0.4, 0.5) is 0 Å². The van der Waals surface area contributed by atoms with Gasteiger partial charge in [0, 0.05) is 0 Å². The number of benzene rings is 1. The average Bonchev–Trinajstić information content (AvgIpc) is 2.44. The third-order valence-corrected chi connectivity index (χ3v) is 4.56. The number of hydrogen-bond donors (Lipinski definition) is 0. The topological polar surface area (TPSA) is 9.23 Å². The molecule has 1 aromatic carbocycles. The SMILES string of the molecule is CCCC(CCC)COc1ccc(C(C)C(C)(C)C)cc1. The van der Waals surface area contributed by atoms with Gasteiger partial charge in [-0.2, -0.15) is 0 Å². The summed E-state index contributed by atoms with van der Waals surface area (Å²) in [4.78, 5) is 0. The van der Waals surface area contributed by atoms with Crippen LogP contribution in [0.15, 0.2) is 24.3 Å². The molecule has 0 saturated carbocycles. The Morgan fingerprint density at radius 1 is 0.952 bits per heavy atom. The van der Waals surface area contributed by atoms with Crippen LogP contribution < -0.4 is 4.74 Å². The molecule has 1 atom stereocenters. The molecule has 0 N–H and O–H groups in total. The van der Waals surface area contributed by atoms with Crippen LogP contribution >= 0.6 is 0 Å². The first-order chi connectivity index (χ1) is 9.88. The molecule has 21 heavy (non-hydrogen) atoms. The molecule has 0 heterocycles. The van der Waals surface area contributed by atoms with E-state index in [1.54, 1.807) is 0 Å². The summed E-state index contributed by atoms with van der Waals surface area (Å²) in [7, 11) is 0.